The maximum Gasteiger partial charge on any atom is 0.165 e. The SMILES string of the molecule is C[C@H]1CN(CCOc2ccccc2F)CCO1. The molecule has 0 amide bonds. The zero-order chi connectivity index (χ0) is 12.1. The van der Waals surface area contributed by atoms with E-state index >= 15 is 0 Å². The number of nitrogens with zero attached hydrogens (tertiary/aromatic N) is 1. The average molecular weight is 239 g/mol. The maximum absolute atomic E-state index is 13.3. The molecule has 1 heterocycles. The standard InChI is InChI=1S/C13H18FNO2/c1-11-10-15(6-8-16-11)7-9-17-13-5-3-2-4-12(13)14/h2-5,11H,6-10H2,1H3/t11-/m0/s1. The Hall–Kier alpha value is -1.13. The number of hydrogen-bond acceptors (Lipinski definition) is 3. The Bertz CT molecular complexity index is 359. The first kappa shape index (κ1) is 12.3. The zero-order valence-electron chi connectivity index (χ0n) is 10.1. The highest BCUT2D eigenvalue weighted by atomic mass is 19.1. The van der Waals surface area contributed by atoms with Gasteiger partial charge in [-0.05, 0) is 19.1 Å². The second-order valence-electron chi connectivity index (χ2n) is 4.26. The molecule has 3 nitrogen and oxygen atoms in total. The van der Waals surface area contributed by atoms with Gasteiger partial charge in [0.15, 0.2) is 11.6 Å². The Kier molecular flexibility index (Phi) is 4.34. The molecule has 1 aromatic carbocycles. The van der Waals surface area contributed by atoms with E-state index in [4.69, 9.17) is 9.47 Å². The molecule has 0 bridgehead atoms. The summed E-state index contributed by atoms with van der Waals surface area (Å²) in [6, 6.07) is 6.49. The fraction of sp³-hybridized carbons (Fsp3) is 0.538. The number of rotatable bonds is 4. The second-order valence-corrected chi connectivity index (χ2v) is 4.26. The van der Waals surface area contributed by atoms with Crippen molar-refractivity contribution in [3.63, 3.8) is 0 Å². The molecule has 1 fully saturated rings. The molecule has 4 heteroatoms. The molecule has 1 aromatic rings. The molecule has 2 rings (SSSR count). The summed E-state index contributed by atoms with van der Waals surface area (Å²) in [6.45, 7) is 5.98. The first-order valence-corrected chi connectivity index (χ1v) is 5.97. The molecule has 0 saturated carbocycles. The van der Waals surface area contributed by atoms with E-state index in [2.05, 4.69) is 11.8 Å². The number of halogens is 1. The fourth-order valence-corrected chi connectivity index (χ4v) is 1.94. The van der Waals surface area contributed by atoms with Gasteiger partial charge in [-0.15, -0.1) is 0 Å². The lowest BCUT2D eigenvalue weighted by molar-refractivity contribution is -0.0215. The quantitative estimate of drug-likeness (QED) is 0.801. The monoisotopic (exact) mass is 239 g/mol. The Labute approximate surface area is 101 Å². The summed E-state index contributed by atoms with van der Waals surface area (Å²) in [5, 5.41) is 0. The number of hydrogen-bond donors (Lipinski definition) is 0. The van der Waals surface area contributed by atoms with Crippen molar-refractivity contribution in [2.24, 2.45) is 0 Å². The highest BCUT2D eigenvalue weighted by molar-refractivity contribution is 5.23. The Morgan fingerprint density at radius 1 is 1.47 bits per heavy atom. The minimum atomic E-state index is -0.303. The normalized spacial score (nSPS) is 21.4. The molecule has 0 radical (unpaired) electrons. The Morgan fingerprint density at radius 3 is 3.06 bits per heavy atom. The van der Waals surface area contributed by atoms with Crippen molar-refractivity contribution in [1.82, 2.24) is 4.90 Å². The third-order valence-electron chi connectivity index (χ3n) is 2.83. The summed E-state index contributed by atoms with van der Waals surface area (Å²) in [5.41, 5.74) is 0. The first-order chi connectivity index (χ1) is 8.25. The minimum absolute atomic E-state index is 0.275. The van der Waals surface area contributed by atoms with E-state index in [9.17, 15) is 4.39 Å². The molecule has 0 spiro atoms. The van der Waals surface area contributed by atoms with Gasteiger partial charge in [-0.2, -0.15) is 0 Å². The van der Waals surface area contributed by atoms with Gasteiger partial charge < -0.3 is 9.47 Å². The summed E-state index contributed by atoms with van der Waals surface area (Å²) in [6.07, 6.45) is 0.275. The van der Waals surface area contributed by atoms with E-state index in [-0.39, 0.29) is 11.9 Å². The first-order valence-electron chi connectivity index (χ1n) is 5.97. The summed E-state index contributed by atoms with van der Waals surface area (Å²) in [7, 11) is 0. The van der Waals surface area contributed by atoms with Crippen LogP contribution >= 0.6 is 0 Å². The predicted octanol–water partition coefficient (Wildman–Crippen LogP) is 1.93. The van der Waals surface area contributed by atoms with Crippen LogP contribution in [0.1, 0.15) is 6.92 Å². The Morgan fingerprint density at radius 2 is 2.29 bits per heavy atom. The van der Waals surface area contributed by atoms with Gasteiger partial charge in [0.25, 0.3) is 0 Å². The molecule has 1 aliphatic rings. The fourth-order valence-electron chi connectivity index (χ4n) is 1.94. The van der Waals surface area contributed by atoms with Crippen molar-refractivity contribution < 1.29 is 13.9 Å². The highest BCUT2D eigenvalue weighted by Crippen LogP contribution is 2.15. The molecular weight excluding hydrogens is 221 g/mol. The minimum Gasteiger partial charge on any atom is -0.489 e. The number of benzene rings is 1. The molecule has 0 N–H and O–H groups in total. The van der Waals surface area contributed by atoms with Gasteiger partial charge >= 0.3 is 0 Å². The lowest BCUT2D eigenvalue weighted by atomic mass is 10.3. The molecular formula is C13H18FNO2. The number of ether oxygens (including phenoxy) is 2. The molecule has 17 heavy (non-hydrogen) atoms. The van der Waals surface area contributed by atoms with Crippen molar-refractivity contribution in [2.75, 3.05) is 32.8 Å². The van der Waals surface area contributed by atoms with Crippen LogP contribution in [0.4, 0.5) is 4.39 Å². The van der Waals surface area contributed by atoms with Gasteiger partial charge in [-0.1, -0.05) is 12.1 Å². The number of para-hydroxylation sites is 1. The molecule has 94 valence electrons. The lowest BCUT2D eigenvalue weighted by Gasteiger charge is -2.30. The summed E-state index contributed by atoms with van der Waals surface area (Å²) in [5.74, 6) is 0.0247. The molecule has 0 aliphatic carbocycles. The second kappa shape index (κ2) is 5.98. The van der Waals surface area contributed by atoms with Gasteiger partial charge in [-0.3, -0.25) is 4.90 Å². The van der Waals surface area contributed by atoms with Gasteiger partial charge in [0.05, 0.1) is 12.7 Å². The van der Waals surface area contributed by atoms with Crippen molar-refractivity contribution in [3.05, 3.63) is 30.1 Å². The van der Waals surface area contributed by atoms with Crippen LogP contribution in [0.25, 0.3) is 0 Å². The van der Waals surface area contributed by atoms with Crippen molar-refractivity contribution in [1.29, 1.82) is 0 Å². The summed E-state index contributed by atoms with van der Waals surface area (Å²) < 4.78 is 24.1. The smallest absolute Gasteiger partial charge is 0.165 e. The zero-order valence-corrected chi connectivity index (χ0v) is 10.1. The van der Waals surface area contributed by atoms with Crippen LogP contribution in [-0.2, 0) is 4.74 Å². The van der Waals surface area contributed by atoms with Crippen LogP contribution in [-0.4, -0.2) is 43.9 Å². The van der Waals surface area contributed by atoms with Gasteiger partial charge in [0.2, 0.25) is 0 Å². The van der Waals surface area contributed by atoms with Crippen LogP contribution in [0.15, 0.2) is 24.3 Å². The average Bonchev–Trinajstić information content (AvgIpc) is 2.32. The van der Waals surface area contributed by atoms with Gasteiger partial charge in [-0.25, -0.2) is 4.39 Å². The van der Waals surface area contributed by atoms with E-state index in [0.717, 1.165) is 26.2 Å². The van der Waals surface area contributed by atoms with E-state index < -0.39 is 0 Å². The molecule has 1 aliphatic heterocycles. The van der Waals surface area contributed by atoms with Crippen molar-refractivity contribution in [3.8, 4) is 5.75 Å². The molecule has 0 unspecified atom stereocenters. The van der Waals surface area contributed by atoms with Crippen molar-refractivity contribution in [2.45, 2.75) is 13.0 Å². The maximum atomic E-state index is 13.3. The predicted molar refractivity (Wildman–Crippen MR) is 63.7 cm³/mol. The van der Waals surface area contributed by atoms with Gasteiger partial charge in [0.1, 0.15) is 6.61 Å². The van der Waals surface area contributed by atoms with E-state index in [1.165, 1.54) is 6.07 Å². The van der Waals surface area contributed by atoms with Crippen molar-refractivity contribution >= 4 is 0 Å². The number of morpholine rings is 1. The third-order valence-corrected chi connectivity index (χ3v) is 2.83. The van der Waals surface area contributed by atoms with E-state index in [1.807, 2.05) is 0 Å². The van der Waals surface area contributed by atoms with Crippen LogP contribution in [0.5, 0.6) is 5.75 Å². The van der Waals surface area contributed by atoms with Crippen LogP contribution < -0.4 is 4.74 Å². The van der Waals surface area contributed by atoms with Gasteiger partial charge in [0, 0.05) is 19.6 Å². The lowest BCUT2D eigenvalue weighted by Crippen LogP contribution is -2.42. The summed E-state index contributed by atoms with van der Waals surface area (Å²) >= 11 is 0. The molecule has 1 atom stereocenters. The van der Waals surface area contributed by atoms with E-state index in [1.54, 1.807) is 18.2 Å². The molecule has 1 saturated heterocycles. The Balaban J connectivity index is 1.74. The molecule has 0 aromatic heterocycles. The van der Waals surface area contributed by atoms with Crippen LogP contribution in [0.2, 0.25) is 0 Å². The van der Waals surface area contributed by atoms with Crippen LogP contribution in [0.3, 0.4) is 0 Å². The summed E-state index contributed by atoms with van der Waals surface area (Å²) in [4.78, 5) is 2.27. The largest absolute Gasteiger partial charge is 0.489 e. The third kappa shape index (κ3) is 3.68. The van der Waals surface area contributed by atoms with Crippen LogP contribution in [0, 0.1) is 5.82 Å². The topological polar surface area (TPSA) is 21.7 Å². The van der Waals surface area contributed by atoms with E-state index in [0.29, 0.717) is 12.4 Å². The highest BCUT2D eigenvalue weighted by Gasteiger charge is 2.16.